The van der Waals surface area contributed by atoms with Gasteiger partial charge >= 0.3 is 0 Å². The number of aryl methyl sites for hydroxylation is 2. The van der Waals surface area contributed by atoms with Gasteiger partial charge in [0.1, 0.15) is 5.75 Å². The van der Waals surface area contributed by atoms with Gasteiger partial charge in [0, 0.05) is 6.04 Å². The van der Waals surface area contributed by atoms with Crippen LogP contribution in [0.4, 0.5) is 0 Å². The maximum absolute atomic E-state index is 6.23. The Hall–Kier alpha value is -0.730. The van der Waals surface area contributed by atoms with E-state index in [9.17, 15) is 0 Å². The van der Waals surface area contributed by atoms with Gasteiger partial charge in [-0.05, 0) is 49.3 Å². The van der Waals surface area contributed by atoms with Gasteiger partial charge in [-0.3, -0.25) is 0 Å². The predicted molar refractivity (Wildman–Crippen MR) is 80.7 cm³/mol. The molecule has 0 saturated heterocycles. The minimum Gasteiger partial charge on any atom is -0.496 e. The van der Waals surface area contributed by atoms with E-state index >= 15 is 0 Å². The summed E-state index contributed by atoms with van der Waals surface area (Å²) in [6.45, 7) is 8.61. The van der Waals surface area contributed by atoms with Gasteiger partial charge in [-0.15, -0.1) is 12.4 Å². The van der Waals surface area contributed by atoms with Crippen molar-refractivity contribution in [3.63, 3.8) is 0 Å². The zero-order valence-electron chi connectivity index (χ0n) is 12.1. The zero-order chi connectivity index (χ0) is 13.0. The van der Waals surface area contributed by atoms with Crippen molar-refractivity contribution in [3.8, 4) is 5.75 Å². The lowest BCUT2D eigenvalue weighted by atomic mass is 9.95. The number of hydrogen-bond donors (Lipinski definition) is 1. The molecule has 0 fully saturated rings. The summed E-state index contributed by atoms with van der Waals surface area (Å²) in [5.74, 6) is 1.69. The number of hydrogen-bond acceptors (Lipinski definition) is 2. The number of benzene rings is 1. The van der Waals surface area contributed by atoms with Crippen LogP contribution in [-0.4, -0.2) is 7.11 Å². The van der Waals surface area contributed by atoms with Crippen LogP contribution in [0, 0.1) is 19.8 Å². The van der Waals surface area contributed by atoms with Crippen LogP contribution >= 0.6 is 12.4 Å². The molecule has 1 rings (SSSR count). The van der Waals surface area contributed by atoms with Crippen molar-refractivity contribution in [3.05, 3.63) is 28.8 Å². The van der Waals surface area contributed by atoms with Gasteiger partial charge in [-0.1, -0.05) is 26.0 Å². The predicted octanol–water partition coefficient (Wildman–Crippen LogP) is 4.17. The van der Waals surface area contributed by atoms with Gasteiger partial charge in [-0.2, -0.15) is 0 Å². The van der Waals surface area contributed by atoms with Crippen LogP contribution in [-0.2, 0) is 0 Å². The standard InChI is InChI=1S/C15H25NO.ClH/c1-10(2)6-7-14(16)13-8-11(3)15(17-5)12(4)9-13;/h8-10,14H,6-7,16H2,1-5H3;1H/t14-;/m0./s1. The first-order chi connectivity index (χ1) is 7.95. The highest BCUT2D eigenvalue weighted by atomic mass is 35.5. The van der Waals surface area contributed by atoms with Crippen molar-refractivity contribution in [2.24, 2.45) is 11.7 Å². The molecule has 2 N–H and O–H groups in total. The summed E-state index contributed by atoms with van der Waals surface area (Å²) in [6, 6.07) is 4.44. The number of halogens is 1. The SMILES string of the molecule is COc1c(C)cc([C@@H](N)CCC(C)C)cc1C.Cl. The summed E-state index contributed by atoms with van der Waals surface area (Å²) in [6.07, 6.45) is 2.22. The van der Waals surface area contributed by atoms with E-state index in [4.69, 9.17) is 10.5 Å². The van der Waals surface area contributed by atoms with E-state index in [0.717, 1.165) is 12.2 Å². The van der Waals surface area contributed by atoms with Gasteiger partial charge in [-0.25, -0.2) is 0 Å². The topological polar surface area (TPSA) is 35.2 Å². The minimum atomic E-state index is 0. The van der Waals surface area contributed by atoms with Crippen molar-refractivity contribution in [1.82, 2.24) is 0 Å². The molecule has 0 saturated carbocycles. The van der Waals surface area contributed by atoms with E-state index in [1.807, 2.05) is 0 Å². The largest absolute Gasteiger partial charge is 0.496 e. The van der Waals surface area contributed by atoms with Crippen LogP contribution in [0.15, 0.2) is 12.1 Å². The Balaban J connectivity index is 0.00000289. The molecule has 0 aliphatic rings. The number of rotatable bonds is 5. The average molecular weight is 272 g/mol. The molecule has 0 aromatic heterocycles. The maximum atomic E-state index is 6.23. The first kappa shape index (κ1) is 17.3. The Bertz CT molecular complexity index is 354. The van der Waals surface area contributed by atoms with Gasteiger partial charge in [0.05, 0.1) is 7.11 Å². The molecule has 104 valence electrons. The lowest BCUT2D eigenvalue weighted by Gasteiger charge is -2.17. The normalized spacial score (nSPS) is 12.2. The van der Waals surface area contributed by atoms with Crippen molar-refractivity contribution in [2.75, 3.05) is 7.11 Å². The van der Waals surface area contributed by atoms with Crippen LogP contribution in [0.5, 0.6) is 5.75 Å². The molecular weight excluding hydrogens is 246 g/mol. The highest BCUT2D eigenvalue weighted by molar-refractivity contribution is 5.85. The second-order valence-electron chi connectivity index (χ2n) is 5.27. The average Bonchev–Trinajstić information content (AvgIpc) is 2.25. The third-order valence-corrected chi connectivity index (χ3v) is 3.17. The molecule has 0 bridgehead atoms. The Morgan fingerprint density at radius 2 is 1.61 bits per heavy atom. The van der Waals surface area contributed by atoms with E-state index in [1.54, 1.807) is 7.11 Å². The van der Waals surface area contributed by atoms with Crippen molar-refractivity contribution in [2.45, 2.75) is 46.6 Å². The van der Waals surface area contributed by atoms with Crippen LogP contribution in [0.25, 0.3) is 0 Å². The molecule has 0 spiro atoms. The third-order valence-electron chi connectivity index (χ3n) is 3.17. The van der Waals surface area contributed by atoms with Crippen LogP contribution < -0.4 is 10.5 Å². The van der Waals surface area contributed by atoms with Gasteiger partial charge in [0.25, 0.3) is 0 Å². The lowest BCUT2D eigenvalue weighted by molar-refractivity contribution is 0.408. The minimum absolute atomic E-state index is 0. The summed E-state index contributed by atoms with van der Waals surface area (Å²) in [5, 5.41) is 0. The number of nitrogens with two attached hydrogens (primary N) is 1. The molecular formula is C15H26ClNO. The monoisotopic (exact) mass is 271 g/mol. The second kappa shape index (κ2) is 7.65. The fourth-order valence-corrected chi connectivity index (χ4v) is 2.20. The van der Waals surface area contributed by atoms with Crippen LogP contribution in [0.1, 0.15) is 49.4 Å². The van der Waals surface area contributed by atoms with E-state index in [1.165, 1.54) is 23.1 Å². The van der Waals surface area contributed by atoms with E-state index in [0.29, 0.717) is 5.92 Å². The summed E-state index contributed by atoms with van der Waals surface area (Å²) in [4.78, 5) is 0. The van der Waals surface area contributed by atoms with E-state index < -0.39 is 0 Å². The molecule has 0 aliphatic carbocycles. The number of ether oxygens (including phenoxy) is 1. The molecule has 0 amide bonds. The van der Waals surface area contributed by atoms with Crippen LogP contribution in [0.2, 0.25) is 0 Å². The molecule has 0 radical (unpaired) electrons. The Kier molecular flexibility index (Phi) is 7.34. The first-order valence-electron chi connectivity index (χ1n) is 6.36. The highest BCUT2D eigenvalue weighted by Gasteiger charge is 2.11. The molecule has 0 unspecified atom stereocenters. The fourth-order valence-electron chi connectivity index (χ4n) is 2.20. The molecule has 18 heavy (non-hydrogen) atoms. The first-order valence-corrected chi connectivity index (χ1v) is 6.36. The van der Waals surface area contributed by atoms with Gasteiger partial charge in [0.15, 0.2) is 0 Å². The lowest BCUT2D eigenvalue weighted by Crippen LogP contribution is -2.12. The maximum Gasteiger partial charge on any atom is 0.124 e. The third kappa shape index (κ3) is 4.51. The highest BCUT2D eigenvalue weighted by Crippen LogP contribution is 2.28. The summed E-state index contributed by atoms with van der Waals surface area (Å²) < 4.78 is 5.37. The van der Waals surface area contributed by atoms with Gasteiger partial charge < -0.3 is 10.5 Å². The fraction of sp³-hybridized carbons (Fsp3) is 0.600. The quantitative estimate of drug-likeness (QED) is 0.872. The van der Waals surface area contributed by atoms with E-state index in [2.05, 4.69) is 39.8 Å². The molecule has 0 aliphatic heterocycles. The summed E-state index contributed by atoms with van der Waals surface area (Å²) in [7, 11) is 1.72. The van der Waals surface area contributed by atoms with Crippen molar-refractivity contribution in [1.29, 1.82) is 0 Å². The Morgan fingerprint density at radius 1 is 1.11 bits per heavy atom. The van der Waals surface area contributed by atoms with Crippen LogP contribution in [0.3, 0.4) is 0 Å². The molecule has 1 atom stereocenters. The zero-order valence-corrected chi connectivity index (χ0v) is 12.9. The van der Waals surface area contributed by atoms with E-state index in [-0.39, 0.29) is 18.4 Å². The smallest absolute Gasteiger partial charge is 0.124 e. The van der Waals surface area contributed by atoms with Crippen molar-refractivity contribution < 1.29 is 4.74 Å². The molecule has 0 heterocycles. The Morgan fingerprint density at radius 3 is 2.00 bits per heavy atom. The number of methoxy groups -OCH3 is 1. The molecule has 1 aromatic carbocycles. The summed E-state index contributed by atoms with van der Waals surface area (Å²) >= 11 is 0. The second-order valence-corrected chi connectivity index (χ2v) is 5.27. The summed E-state index contributed by atoms with van der Waals surface area (Å²) in [5.41, 5.74) is 9.79. The Labute approximate surface area is 117 Å². The van der Waals surface area contributed by atoms with Crippen molar-refractivity contribution >= 4 is 12.4 Å². The molecule has 2 nitrogen and oxygen atoms in total. The molecule has 1 aromatic rings. The molecule has 3 heteroatoms. The van der Waals surface area contributed by atoms with Gasteiger partial charge in [0.2, 0.25) is 0 Å².